The van der Waals surface area contributed by atoms with Gasteiger partial charge in [0.2, 0.25) is 5.91 Å². The van der Waals surface area contributed by atoms with Crippen molar-refractivity contribution in [3.63, 3.8) is 0 Å². The Balaban J connectivity index is 2.42. The molecule has 2 rings (SSSR count). The van der Waals surface area contributed by atoms with Gasteiger partial charge in [0.1, 0.15) is 0 Å². The van der Waals surface area contributed by atoms with Crippen LogP contribution in [0.5, 0.6) is 0 Å². The number of halogens is 4. The summed E-state index contributed by atoms with van der Waals surface area (Å²) in [5.41, 5.74) is 5.76. The molecule has 0 aliphatic rings. The van der Waals surface area contributed by atoms with Gasteiger partial charge in [-0.1, -0.05) is 24.3 Å². The molecule has 2 aromatic rings. The number of benzene rings is 2. The molecule has 110 valence electrons. The quantitative estimate of drug-likeness (QED) is 0.773. The van der Waals surface area contributed by atoms with E-state index in [1.807, 2.05) is 6.07 Å². The van der Waals surface area contributed by atoms with Crippen LogP contribution in [-0.4, -0.2) is 5.91 Å². The second kappa shape index (κ2) is 6.05. The molecule has 0 saturated carbocycles. The highest BCUT2D eigenvalue weighted by atomic mass is 127. The molecule has 0 saturated heterocycles. The Hall–Kier alpha value is -1.57. The van der Waals surface area contributed by atoms with Gasteiger partial charge in [-0.25, -0.2) is 0 Å². The van der Waals surface area contributed by atoms with Crippen LogP contribution in [0.15, 0.2) is 48.5 Å². The topological polar surface area (TPSA) is 43.1 Å². The van der Waals surface area contributed by atoms with E-state index in [1.54, 1.807) is 18.2 Å². The van der Waals surface area contributed by atoms with Crippen LogP contribution in [0.2, 0.25) is 0 Å². The van der Waals surface area contributed by atoms with Crippen LogP contribution in [0.25, 0.3) is 0 Å². The van der Waals surface area contributed by atoms with E-state index in [2.05, 4.69) is 22.6 Å². The van der Waals surface area contributed by atoms with Crippen molar-refractivity contribution < 1.29 is 18.0 Å². The number of carbonyl (C=O) groups is 1. The van der Waals surface area contributed by atoms with Gasteiger partial charge in [0.05, 0.1) is 11.5 Å². The van der Waals surface area contributed by atoms with Gasteiger partial charge in [-0.3, -0.25) is 4.79 Å². The number of hydrogen-bond acceptors (Lipinski definition) is 1. The molecular formula is C15H11F3INO. The number of rotatable bonds is 3. The maximum absolute atomic E-state index is 12.6. The van der Waals surface area contributed by atoms with E-state index >= 15 is 0 Å². The summed E-state index contributed by atoms with van der Waals surface area (Å²) in [5, 5.41) is 0. The molecule has 21 heavy (non-hydrogen) atoms. The maximum Gasteiger partial charge on any atom is 0.416 e. The van der Waals surface area contributed by atoms with Crippen LogP contribution in [0.1, 0.15) is 22.6 Å². The fourth-order valence-electron chi connectivity index (χ4n) is 2.07. The first-order chi connectivity index (χ1) is 9.79. The number of amides is 1. The zero-order valence-electron chi connectivity index (χ0n) is 10.7. The summed E-state index contributed by atoms with van der Waals surface area (Å²) in [6.45, 7) is 0. The maximum atomic E-state index is 12.6. The minimum absolute atomic E-state index is 0.442. The minimum atomic E-state index is -4.40. The normalized spacial score (nSPS) is 13.0. The van der Waals surface area contributed by atoms with Gasteiger partial charge in [-0.2, -0.15) is 13.2 Å². The molecule has 1 amide bonds. The Morgan fingerprint density at radius 2 is 1.67 bits per heavy atom. The monoisotopic (exact) mass is 405 g/mol. The number of alkyl halides is 3. The minimum Gasteiger partial charge on any atom is -0.369 e. The van der Waals surface area contributed by atoms with Gasteiger partial charge >= 0.3 is 6.18 Å². The Kier molecular flexibility index (Phi) is 4.55. The first kappa shape index (κ1) is 15.8. The third-order valence-electron chi connectivity index (χ3n) is 3.04. The lowest BCUT2D eigenvalue weighted by Crippen LogP contribution is -2.22. The fourth-order valence-corrected chi connectivity index (χ4v) is 2.64. The van der Waals surface area contributed by atoms with Gasteiger partial charge in [-0.05, 0) is 58.0 Å². The van der Waals surface area contributed by atoms with E-state index in [1.165, 1.54) is 12.1 Å². The molecule has 1 atom stereocenters. The van der Waals surface area contributed by atoms with E-state index in [0.717, 1.165) is 15.7 Å². The van der Waals surface area contributed by atoms with Crippen LogP contribution in [-0.2, 0) is 11.0 Å². The van der Waals surface area contributed by atoms with E-state index in [0.29, 0.717) is 11.1 Å². The molecular weight excluding hydrogens is 394 g/mol. The number of primary amides is 1. The van der Waals surface area contributed by atoms with Crippen LogP contribution in [0.3, 0.4) is 0 Å². The summed E-state index contributed by atoms with van der Waals surface area (Å²) in [7, 11) is 0. The predicted molar refractivity (Wildman–Crippen MR) is 81.6 cm³/mol. The second-order valence-electron chi connectivity index (χ2n) is 4.51. The van der Waals surface area contributed by atoms with Crippen LogP contribution >= 0.6 is 22.6 Å². The van der Waals surface area contributed by atoms with Crippen molar-refractivity contribution in [3.05, 3.63) is 68.8 Å². The molecule has 0 fully saturated rings. The Bertz CT molecular complexity index is 653. The lowest BCUT2D eigenvalue weighted by Gasteiger charge is -2.16. The van der Waals surface area contributed by atoms with Crippen LogP contribution in [0.4, 0.5) is 13.2 Å². The molecule has 2 aromatic carbocycles. The molecule has 0 bridgehead atoms. The van der Waals surface area contributed by atoms with Gasteiger partial charge < -0.3 is 5.73 Å². The first-order valence-corrected chi connectivity index (χ1v) is 7.09. The summed E-state index contributed by atoms with van der Waals surface area (Å²) in [6, 6.07) is 11.6. The lowest BCUT2D eigenvalue weighted by atomic mass is 9.90. The van der Waals surface area contributed by atoms with Crippen molar-refractivity contribution in [2.24, 2.45) is 5.73 Å². The Morgan fingerprint density at radius 1 is 1.05 bits per heavy atom. The molecule has 0 spiro atoms. The summed E-state index contributed by atoms with van der Waals surface area (Å²) in [4.78, 5) is 11.7. The number of carbonyl (C=O) groups excluding carboxylic acids is 1. The van der Waals surface area contributed by atoms with Crippen LogP contribution < -0.4 is 5.73 Å². The molecule has 2 nitrogen and oxygen atoms in total. The standard InChI is InChI=1S/C15H11F3INO/c16-15(17,18)11-6-4-9(5-7-11)13(14(20)21)10-2-1-3-12(19)8-10/h1-8,13H,(H2,20,21). The molecule has 0 radical (unpaired) electrons. The zero-order chi connectivity index (χ0) is 15.6. The SMILES string of the molecule is NC(=O)C(c1ccc(C(F)(F)F)cc1)c1cccc(I)c1. The number of hydrogen-bond donors (Lipinski definition) is 1. The highest BCUT2D eigenvalue weighted by Crippen LogP contribution is 2.32. The molecule has 0 aliphatic heterocycles. The summed E-state index contributed by atoms with van der Waals surface area (Å²) in [5.74, 6) is -1.36. The van der Waals surface area contributed by atoms with Crippen molar-refractivity contribution in [2.45, 2.75) is 12.1 Å². The van der Waals surface area contributed by atoms with E-state index in [-0.39, 0.29) is 0 Å². The van der Waals surface area contributed by atoms with Crippen molar-refractivity contribution in [3.8, 4) is 0 Å². The summed E-state index contributed by atoms with van der Waals surface area (Å²) < 4.78 is 38.6. The molecule has 0 heterocycles. The first-order valence-electron chi connectivity index (χ1n) is 6.01. The van der Waals surface area contributed by atoms with E-state index in [9.17, 15) is 18.0 Å². The highest BCUT2D eigenvalue weighted by Gasteiger charge is 2.30. The smallest absolute Gasteiger partial charge is 0.369 e. The third kappa shape index (κ3) is 3.75. The second-order valence-corrected chi connectivity index (χ2v) is 5.76. The Morgan fingerprint density at radius 3 is 2.14 bits per heavy atom. The molecule has 6 heteroatoms. The highest BCUT2D eigenvalue weighted by molar-refractivity contribution is 14.1. The van der Waals surface area contributed by atoms with Gasteiger partial charge in [0.25, 0.3) is 0 Å². The van der Waals surface area contributed by atoms with Crippen molar-refractivity contribution >= 4 is 28.5 Å². The molecule has 0 aliphatic carbocycles. The molecule has 1 unspecified atom stereocenters. The zero-order valence-corrected chi connectivity index (χ0v) is 12.9. The largest absolute Gasteiger partial charge is 0.416 e. The van der Waals surface area contributed by atoms with Gasteiger partial charge in [0, 0.05) is 3.57 Å². The van der Waals surface area contributed by atoms with Crippen molar-refractivity contribution in [1.82, 2.24) is 0 Å². The predicted octanol–water partition coefficient (Wildman–Crippen LogP) is 3.93. The average Bonchev–Trinajstić information content (AvgIpc) is 2.38. The Labute approximate surface area is 133 Å². The molecule has 0 aromatic heterocycles. The van der Waals surface area contributed by atoms with Crippen molar-refractivity contribution in [1.29, 1.82) is 0 Å². The molecule has 2 N–H and O–H groups in total. The van der Waals surface area contributed by atoms with Crippen molar-refractivity contribution in [2.75, 3.05) is 0 Å². The van der Waals surface area contributed by atoms with E-state index < -0.39 is 23.6 Å². The summed E-state index contributed by atoms with van der Waals surface area (Å²) in [6.07, 6.45) is -4.40. The van der Waals surface area contributed by atoms with Gasteiger partial charge in [-0.15, -0.1) is 0 Å². The third-order valence-corrected chi connectivity index (χ3v) is 3.71. The van der Waals surface area contributed by atoms with Crippen LogP contribution in [0, 0.1) is 3.57 Å². The fraction of sp³-hybridized carbons (Fsp3) is 0.133. The average molecular weight is 405 g/mol. The van der Waals surface area contributed by atoms with Gasteiger partial charge in [0.15, 0.2) is 0 Å². The van der Waals surface area contributed by atoms with E-state index in [4.69, 9.17) is 5.73 Å². The summed E-state index contributed by atoms with van der Waals surface area (Å²) >= 11 is 2.10. The number of nitrogens with two attached hydrogens (primary N) is 1. The lowest BCUT2D eigenvalue weighted by molar-refractivity contribution is -0.137.